The lowest BCUT2D eigenvalue weighted by Gasteiger charge is -2.11. The number of nitrogens with zero attached hydrogens (tertiary/aromatic N) is 4. The zero-order valence-electron chi connectivity index (χ0n) is 10.8. The van der Waals surface area contributed by atoms with E-state index in [1.54, 1.807) is 0 Å². The van der Waals surface area contributed by atoms with Gasteiger partial charge in [-0.2, -0.15) is 5.10 Å². The summed E-state index contributed by atoms with van der Waals surface area (Å²) in [6.45, 7) is 0. The Morgan fingerprint density at radius 2 is 2.00 bits per heavy atom. The number of sulfonamides is 1. The number of carboxylic acids is 1. The Hall–Kier alpha value is -2.26. The zero-order chi connectivity index (χ0) is 14.9. The third-order valence-corrected chi connectivity index (χ3v) is 4.36. The molecule has 0 atom stereocenters. The van der Waals surface area contributed by atoms with E-state index in [-0.39, 0.29) is 10.5 Å². The highest BCUT2D eigenvalue weighted by Crippen LogP contribution is 2.13. The molecule has 0 saturated heterocycles. The monoisotopic (exact) mass is 296 g/mol. The van der Waals surface area contributed by atoms with Gasteiger partial charge in [-0.3, -0.25) is 0 Å². The van der Waals surface area contributed by atoms with E-state index in [1.165, 1.54) is 49.5 Å². The van der Waals surface area contributed by atoms with Gasteiger partial charge in [0.25, 0.3) is 0 Å². The average Bonchev–Trinajstić information content (AvgIpc) is 2.88. The summed E-state index contributed by atoms with van der Waals surface area (Å²) in [5, 5.41) is 12.6. The van der Waals surface area contributed by atoms with Crippen LogP contribution in [-0.4, -0.2) is 52.7 Å². The van der Waals surface area contributed by atoms with Crippen LogP contribution in [0.3, 0.4) is 0 Å². The maximum atomic E-state index is 11.9. The van der Waals surface area contributed by atoms with Gasteiger partial charge in [0, 0.05) is 26.5 Å². The predicted molar refractivity (Wildman–Crippen MR) is 69.2 cm³/mol. The third kappa shape index (κ3) is 2.53. The minimum Gasteiger partial charge on any atom is -0.478 e. The first-order valence-corrected chi connectivity index (χ1v) is 6.93. The second kappa shape index (κ2) is 5.02. The van der Waals surface area contributed by atoms with Crippen molar-refractivity contribution in [3.05, 3.63) is 36.3 Å². The summed E-state index contributed by atoms with van der Waals surface area (Å²) in [7, 11) is -0.684. The van der Waals surface area contributed by atoms with E-state index in [4.69, 9.17) is 5.11 Å². The van der Waals surface area contributed by atoms with Crippen molar-refractivity contribution in [3.8, 4) is 5.82 Å². The fourth-order valence-corrected chi connectivity index (χ4v) is 2.28. The molecule has 1 N–H and O–H groups in total. The van der Waals surface area contributed by atoms with Crippen molar-refractivity contribution < 1.29 is 18.3 Å². The Balaban J connectivity index is 2.35. The van der Waals surface area contributed by atoms with E-state index in [2.05, 4.69) is 10.1 Å². The van der Waals surface area contributed by atoms with Crippen molar-refractivity contribution in [2.75, 3.05) is 14.1 Å². The Morgan fingerprint density at radius 3 is 2.45 bits per heavy atom. The molecule has 0 spiro atoms. The lowest BCUT2D eigenvalue weighted by molar-refractivity contribution is 0.0697. The second-order valence-electron chi connectivity index (χ2n) is 4.12. The number of pyridine rings is 1. The Kier molecular flexibility index (Phi) is 3.55. The largest absolute Gasteiger partial charge is 0.478 e. The van der Waals surface area contributed by atoms with E-state index < -0.39 is 16.0 Å². The normalized spacial score (nSPS) is 11.8. The number of hydrogen-bond acceptors (Lipinski definition) is 5. The molecule has 20 heavy (non-hydrogen) atoms. The first-order chi connectivity index (χ1) is 9.32. The van der Waals surface area contributed by atoms with Crippen molar-refractivity contribution in [3.63, 3.8) is 0 Å². The lowest BCUT2D eigenvalue weighted by atomic mass is 10.4. The molecule has 0 bridgehead atoms. The van der Waals surface area contributed by atoms with Gasteiger partial charge in [0.15, 0.2) is 5.82 Å². The SMILES string of the molecule is CN(C)S(=O)(=O)c1ccc(-n2cc(C(=O)O)cn2)nc1. The van der Waals surface area contributed by atoms with E-state index in [1.807, 2.05) is 0 Å². The minimum atomic E-state index is -3.54. The topological polar surface area (TPSA) is 105 Å². The predicted octanol–water partition coefficient (Wildman–Crippen LogP) is 0.216. The van der Waals surface area contributed by atoms with Gasteiger partial charge in [-0.05, 0) is 12.1 Å². The molecule has 0 radical (unpaired) electrons. The summed E-state index contributed by atoms with van der Waals surface area (Å²) in [5.41, 5.74) is 0.0248. The number of aromatic carboxylic acids is 1. The number of rotatable bonds is 4. The van der Waals surface area contributed by atoms with Gasteiger partial charge in [-0.1, -0.05) is 0 Å². The van der Waals surface area contributed by atoms with Gasteiger partial charge >= 0.3 is 5.97 Å². The van der Waals surface area contributed by atoms with E-state index in [0.717, 1.165) is 4.31 Å². The molecule has 0 amide bonds. The molecule has 0 saturated carbocycles. The summed E-state index contributed by atoms with van der Waals surface area (Å²) in [5.74, 6) is -0.765. The minimum absolute atomic E-state index is 0.0248. The van der Waals surface area contributed by atoms with Crippen LogP contribution in [0.2, 0.25) is 0 Å². The maximum Gasteiger partial charge on any atom is 0.338 e. The molecule has 0 unspecified atom stereocenters. The van der Waals surface area contributed by atoms with Crippen molar-refractivity contribution in [2.45, 2.75) is 4.90 Å². The molecular weight excluding hydrogens is 284 g/mol. The van der Waals surface area contributed by atoms with Crippen molar-refractivity contribution >= 4 is 16.0 Å². The van der Waals surface area contributed by atoms with Gasteiger partial charge in [0.1, 0.15) is 4.90 Å². The molecule has 2 heterocycles. The molecule has 2 aromatic rings. The van der Waals surface area contributed by atoms with Crippen LogP contribution in [0.15, 0.2) is 35.6 Å². The van der Waals surface area contributed by atoms with Crippen LogP contribution in [-0.2, 0) is 10.0 Å². The molecule has 0 aliphatic rings. The van der Waals surface area contributed by atoms with E-state index >= 15 is 0 Å². The molecular formula is C11H12N4O4S. The molecule has 106 valence electrons. The molecule has 8 nitrogen and oxygen atoms in total. The maximum absolute atomic E-state index is 11.9. The van der Waals surface area contributed by atoms with E-state index in [9.17, 15) is 13.2 Å². The molecule has 9 heteroatoms. The smallest absolute Gasteiger partial charge is 0.338 e. The van der Waals surface area contributed by atoms with Crippen LogP contribution >= 0.6 is 0 Å². The number of aromatic nitrogens is 3. The van der Waals surface area contributed by atoms with Crippen molar-refractivity contribution in [2.24, 2.45) is 0 Å². The first kappa shape index (κ1) is 14.2. The van der Waals surface area contributed by atoms with Crippen LogP contribution in [0, 0.1) is 0 Å². The van der Waals surface area contributed by atoms with Gasteiger partial charge in [0.05, 0.1) is 11.8 Å². The van der Waals surface area contributed by atoms with E-state index in [0.29, 0.717) is 5.82 Å². The highest BCUT2D eigenvalue weighted by atomic mass is 32.2. The highest BCUT2D eigenvalue weighted by Gasteiger charge is 2.17. The third-order valence-electron chi connectivity index (χ3n) is 2.56. The number of carbonyl (C=O) groups is 1. The summed E-state index contributed by atoms with van der Waals surface area (Å²) < 4.78 is 26.1. The van der Waals surface area contributed by atoms with Gasteiger partial charge in [-0.25, -0.2) is 27.2 Å². The fourth-order valence-electron chi connectivity index (χ4n) is 1.43. The molecule has 0 aromatic carbocycles. The molecule has 0 aliphatic carbocycles. The van der Waals surface area contributed by atoms with Crippen molar-refractivity contribution in [1.29, 1.82) is 0 Å². The molecule has 2 rings (SSSR count). The number of carboxylic acid groups (broad SMARTS) is 1. The molecule has 0 fully saturated rings. The Labute approximate surface area is 115 Å². The van der Waals surface area contributed by atoms with Crippen molar-refractivity contribution in [1.82, 2.24) is 19.1 Å². The summed E-state index contributed by atoms with van der Waals surface area (Å²) >= 11 is 0. The number of hydrogen-bond donors (Lipinski definition) is 1. The van der Waals surface area contributed by atoms with Gasteiger partial charge in [0.2, 0.25) is 10.0 Å². The lowest BCUT2D eigenvalue weighted by Crippen LogP contribution is -2.22. The van der Waals surface area contributed by atoms with Crippen LogP contribution in [0.1, 0.15) is 10.4 Å². The Bertz CT molecular complexity index is 734. The summed E-state index contributed by atoms with van der Waals surface area (Å²) in [4.78, 5) is 14.8. The highest BCUT2D eigenvalue weighted by molar-refractivity contribution is 7.89. The zero-order valence-corrected chi connectivity index (χ0v) is 11.6. The fraction of sp³-hybridized carbons (Fsp3) is 0.182. The quantitative estimate of drug-likeness (QED) is 0.865. The average molecular weight is 296 g/mol. The molecule has 2 aromatic heterocycles. The van der Waals surface area contributed by atoms with Crippen LogP contribution in [0.25, 0.3) is 5.82 Å². The standard InChI is InChI=1S/C11H12N4O4S/c1-14(2)20(18,19)9-3-4-10(12-6-9)15-7-8(5-13-15)11(16)17/h3-7H,1-2H3,(H,16,17). The molecule has 0 aliphatic heterocycles. The van der Waals surface area contributed by atoms with Crippen LogP contribution in [0.5, 0.6) is 0 Å². The first-order valence-electron chi connectivity index (χ1n) is 5.49. The second-order valence-corrected chi connectivity index (χ2v) is 6.27. The van der Waals surface area contributed by atoms with Gasteiger partial charge < -0.3 is 5.11 Å². The summed E-state index contributed by atoms with van der Waals surface area (Å²) in [6, 6.07) is 2.84. The summed E-state index contributed by atoms with van der Waals surface area (Å²) in [6.07, 6.45) is 3.69. The Morgan fingerprint density at radius 1 is 1.30 bits per heavy atom. The van der Waals surface area contributed by atoms with Crippen LogP contribution < -0.4 is 0 Å². The van der Waals surface area contributed by atoms with Gasteiger partial charge in [-0.15, -0.1) is 0 Å². The van der Waals surface area contributed by atoms with Crippen LogP contribution in [0.4, 0.5) is 0 Å².